The van der Waals surface area contributed by atoms with Crippen LogP contribution in [0.1, 0.15) is 27.2 Å². The Morgan fingerprint density at radius 2 is 2.00 bits per heavy atom. The smallest absolute Gasteiger partial charge is 0.268 e. The average molecular weight is 483 g/mol. The maximum Gasteiger partial charge on any atom is 0.268 e. The zero-order valence-corrected chi connectivity index (χ0v) is 18.7. The summed E-state index contributed by atoms with van der Waals surface area (Å²) in [7, 11) is 0. The molecule has 5 rings (SSSR count). The Balaban J connectivity index is 1.42. The van der Waals surface area contributed by atoms with E-state index in [1.165, 1.54) is 5.56 Å². The van der Waals surface area contributed by atoms with Crippen LogP contribution in [0.25, 0.3) is 10.2 Å². The zero-order chi connectivity index (χ0) is 20.7. The topological polar surface area (TPSA) is 52.5 Å². The van der Waals surface area contributed by atoms with Crippen LogP contribution in [0.3, 0.4) is 0 Å². The first-order valence-corrected chi connectivity index (χ1v) is 11.2. The van der Waals surface area contributed by atoms with Gasteiger partial charge in [-0.25, -0.2) is 0 Å². The predicted molar refractivity (Wildman–Crippen MR) is 122 cm³/mol. The van der Waals surface area contributed by atoms with Crippen LogP contribution in [-0.4, -0.2) is 17.3 Å². The number of halogens is 1. The molecule has 0 spiro atoms. The Bertz CT molecular complexity index is 1260. The van der Waals surface area contributed by atoms with Crippen molar-refractivity contribution >= 4 is 43.4 Å². The van der Waals surface area contributed by atoms with E-state index in [1.807, 2.05) is 30.3 Å². The summed E-state index contributed by atoms with van der Waals surface area (Å²) in [6.45, 7) is 3.37. The minimum Gasteiger partial charge on any atom is -0.454 e. The molecule has 0 fully saturated rings. The number of ether oxygens (including phenoxy) is 2. The fourth-order valence-electron chi connectivity index (χ4n) is 3.70. The van der Waals surface area contributed by atoms with Gasteiger partial charge in [0.25, 0.3) is 5.91 Å². The molecular formula is C23H19BrN2O3S. The molecule has 0 unspecified atom stereocenters. The van der Waals surface area contributed by atoms with Crippen LogP contribution in [0.15, 0.2) is 58.4 Å². The molecule has 1 aliphatic heterocycles. The minimum absolute atomic E-state index is 0.101. The molecule has 1 aliphatic rings. The number of rotatable bonds is 5. The van der Waals surface area contributed by atoms with E-state index >= 15 is 0 Å². The van der Waals surface area contributed by atoms with E-state index in [0.717, 1.165) is 31.6 Å². The number of carbonyl (C=O) groups is 1. The molecule has 2 aromatic carbocycles. The van der Waals surface area contributed by atoms with Crippen LogP contribution in [-0.2, 0) is 13.1 Å². The lowest BCUT2D eigenvalue weighted by Crippen LogP contribution is -2.25. The molecule has 152 valence electrons. The fraction of sp³-hybridized carbons (Fsp3) is 0.174. The van der Waals surface area contributed by atoms with E-state index in [2.05, 4.69) is 56.3 Å². The van der Waals surface area contributed by atoms with Crippen LogP contribution in [0, 0.1) is 6.92 Å². The van der Waals surface area contributed by atoms with Crippen molar-refractivity contribution in [2.45, 2.75) is 20.0 Å². The summed E-state index contributed by atoms with van der Waals surface area (Å²) in [4.78, 5) is 13.1. The first-order chi connectivity index (χ1) is 14.6. The summed E-state index contributed by atoms with van der Waals surface area (Å²) in [6, 6.07) is 16.1. The average Bonchev–Trinajstić information content (AvgIpc) is 3.43. The number of aromatic nitrogens is 1. The molecule has 4 aromatic rings. The van der Waals surface area contributed by atoms with Gasteiger partial charge >= 0.3 is 0 Å². The van der Waals surface area contributed by atoms with Gasteiger partial charge in [0.15, 0.2) is 11.5 Å². The molecule has 3 heterocycles. The predicted octanol–water partition coefficient (Wildman–Crippen LogP) is 5.48. The third kappa shape index (κ3) is 3.59. The number of fused-ring (bicyclic) bond motifs is 2. The van der Waals surface area contributed by atoms with Gasteiger partial charge in [-0.15, -0.1) is 11.3 Å². The molecule has 0 aliphatic carbocycles. The van der Waals surface area contributed by atoms with Crippen molar-refractivity contribution in [3.05, 3.63) is 80.8 Å². The number of nitrogens with zero attached hydrogens (tertiary/aromatic N) is 1. The number of carbonyl (C=O) groups excluding carboxylic acids is 1. The summed E-state index contributed by atoms with van der Waals surface area (Å²) < 4.78 is 14.9. The largest absolute Gasteiger partial charge is 0.454 e. The Hall–Kier alpha value is -2.77. The lowest BCUT2D eigenvalue weighted by molar-refractivity contribution is 0.0942. The van der Waals surface area contributed by atoms with E-state index in [1.54, 1.807) is 11.3 Å². The molecule has 0 atom stereocenters. The van der Waals surface area contributed by atoms with Gasteiger partial charge in [0.05, 0.1) is 14.7 Å². The van der Waals surface area contributed by atoms with Gasteiger partial charge in [0, 0.05) is 18.5 Å². The van der Waals surface area contributed by atoms with E-state index in [0.29, 0.717) is 24.5 Å². The SMILES string of the molecule is Cc1cccc(Cn2c(C(=O)NCc3ccc4c(c3)OCO4)cc3scc(Br)c32)c1. The molecule has 7 heteroatoms. The number of nitrogens with one attached hydrogen (secondary N) is 1. The maximum absolute atomic E-state index is 13.1. The summed E-state index contributed by atoms with van der Waals surface area (Å²) in [5.41, 5.74) is 5.03. The van der Waals surface area contributed by atoms with Crippen molar-refractivity contribution < 1.29 is 14.3 Å². The monoisotopic (exact) mass is 482 g/mol. The van der Waals surface area contributed by atoms with Crippen LogP contribution >= 0.6 is 27.3 Å². The van der Waals surface area contributed by atoms with Crippen molar-refractivity contribution in [2.24, 2.45) is 0 Å². The maximum atomic E-state index is 13.1. The van der Waals surface area contributed by atoms with Gasteiger partial charge in [0.2, 0.25) is 6.79 Å². The number of amides is 1. The highest BCUT2D eigenvalue weighted by molar-refractivity contribution is 9.10. The second kappa shape index (κ2) is 7.81. The standard InChI is InChI=1S/C23H19BrN2O3S/c1-14-3-2-4-16(7-14)11-26-18(9-21-22(26)17(24)12-30-21)23(27)25-10-15-5-6-19-20(8-15)29-13-28-19/h2-9,12H,10-11,13H2,1H3,(H,25,27). The molecule has 1 N–H and O–H groups in total. The lowest BCUT2D eigenvalue weighted by Gasteiger charge is -2.12. The Morgan fingerprint density at radius 3 is 2.87 bits per heavy atom. The molecule has 5 nitrogen and oxygen atoms in total. The third-order valence-electron chi connectivity index (χ3n) is 5.12. The lowest BCUT2D eigenvalue weighted by atomic mass is 10.1. The highest BCUT2D eigenvalue weighted by atomic mass is 79.9. The first-order valence-electron chi connectivity index (χ1n) is 9.57. The van der Waals surface area contributed by atoms with E-state index in [-0.39, 0.29) is 12.7 Å². The molecule has 0 radical (unpaired) electrons. The van der Waals surface area contributed by atoms with Crippen LogP contribution in [0.4, 0.5) is 0 Å². The molecule has 1 amide bonds. The van der Waals surface area contributed by atoms with Gasteiger partial charge in [-0.3, -0.25) is 4.79 Å². The highest BCUT2D eigenvalue weighted by Gasteiger charge is 2.19. The van der Waals surface area contributed by atoms with Gasteiger partial charge < -0.3 is 19.4 Å². The van der Waals surface area contributed by atoms with Crippen LogP contribution in [0.5, 0.6) is 11.5 Å². The van der Waals surface area contributed by atoms with E-state index in [9.17, 15) is 4.79 Å². The van der Waals surface area contributed by atoms with Crippen molar-refractivity contribution in [1.82, 2.24) is 9.88 Å². The van der Waals surface area contributed by atoms with Crippen molar-refractivity contribution in [3.63, 3.8) is 0 Å². The second-order valence-corrected chi connectivity index (χ2v) is 9.04. The molecule has 2 aromatic heterocycles. The van der Waals surface area contributed by atoms with Gasteiger partial charge in [0.1, 0.15) is 5.69 Å². The zero-order valence-electron chi connectivity index (χ0n) is 16.3. The second-order valence-electron chi connectivity index (χ2n) is 7.27. The van der Waals surface area contributed by atoms with E-state index in [4.69, 9.17) is 9.47 Å². The number of hydrogen-bond donors (Lipinski definition) is 1. The number of thiophene rings is 1. The first kappa shape index (κ1) is 19.2. The molecular weight excluding hydrogens is 464 g/mol. The molecule has 0 saturated carbocycles. The Kier molecular flexibility index (Phi) is 5.00. The Labute approximate surface area is 186 Å². The third-order valence-corrected chi connectivity index (χ3v) is 6.95. The van der Waals surface area contributed by atoms with Gasteiger partial charge in [-0.05, 0) is 52.2 Å². The highest BCUT2D eigenvalue weighted by Crippen LogP contribution is 2.34. The van der Waals surface area contributed by atoms with E-state index < -0.39 is 0 Å². The normalized spacial score (nSPS) is 12.5. The van der Waals surface area contributed by atoms with Gasteiger partial charge in [-0.2, -0.15) is 0 Å². The van der Waals surface area contributed by atoms with Crippen LogP contribution < -0.4 is 14.8 Å². The molecule has 0 bridgehead atoms. The Morgan fingerprint density at radius 1 is 1.13 bits per heavy atom. The van der Waals surface area contributed by atoms with Crippen LogP contribution in [0.2, 0.25) is 0 Å². The van der Waals surface area contributed by atoms with Crippen molar-refractivity contribution in [2.75, 3.05) is 6.79 Å². The number of hydrogen-bond acceptors (Lipinski definition) is 4. The minimum atomic E-state index is -0.101. The molecule has 0 saturated heterocycles. The number of benzene rings is 2. The van der Waals surface area contributed by atoms with Gasteiger partial charge in [-0.1, -0.05) is 35.9 Å². The summed E-state index contributed by atoms with van der Waals surface area (Å²) in [5, 5.41) is 5.11. The summed E-state index contributed by atoms with van der Waals surface area (Å²) in [5.74, 6) is 1.35. The molecule has 30 heavy (non-hydrogen) atoms. The fourth-order valence-corrected chi connectivity index (χ4v) is 5.39. The number of aryl methyl sites for hydroxylation is 1. The van der Waals surface area contributed by atoms with Crippen molar-refractivity contribution in [1.29, 1.82) is 0 Å². The summed E-state index contributed by atoms with van der Waals surface area (Å²) >= 11 is 5.27. The quantitative estimate of drug-likeness (QED) is 0.409. The summed E-state index contributed by atoms with van der Waals surface area (Å²) in [6.07, 6.45) is 0. The van der Waals surface area contributed by atoms with Crippen molar-refractivity contribution in [3.8, 4) is 11.5 Å².